The molecule has 0 radical (unpaired) electrons. The molecule has 1 saturated heterocycles. The third-order valence-corrected chi connectivity index (χ3v) is 4.46. The van der Waals surface area contributed by atoms with E-state index >= 15 is 0 Å². The second-order valence-corrected chi connectivity index (χ2v) is 6.21. The number of rotatable bonds is 5. The first-order chi connectivity index (χ1) is 10.3. The van der Waals surface area contributed by atoms with Crippen molar-refractivity contribution in [3.63, 3.8) is 0 Å². The van der Waals surface area contributed by atoms with Crippen LogP contribution in [0.15, 0.2) is 35.2 Å². The van der Waals surface area contributed by atoms with Crippen molar-refractivity contribution in [3.05, 3.63) is 40.8 Å². The fraction of sp³-hybridized carbons (Fsp3) is 0.438. The molecule has 2 aromatic rings. The number of anilines is 1. The van der Waals surface area contributed by atoms with E-state index < -0.39 is 0 Å². The van der Waals surface area contributed by atoms with Crippen LogP contribution < -0.4 is 10.1 Å². The smallest absolute Gasteiger partial charge is 0.142 e. The van der Waals surface area contributed by atoms with E-state index in [0.717, 1.165) is 30.2 Å². The topological polar surface area (TPSA) is 37.4 Å². The van der Waals surface area contributed by atoms with Gasteiger partial charge in [-0.15, -0.1) is 11.3 Å². The number of para-hydroxylation sites is 2. The van der Waals surface area contributed by atoms with Gasteiger partial charge in [-0.3, -0.25) is 0 Å². The Morgan fingerprint density at radius 1 is 1.33 bits per heavy atom. The van der Waals surface area contributed by atoms with Gasteiger partial charge in [-0.2, -0.15) is 0 Å². The van der Waals surface area contributed by atoms with Gasteiger partial charge in [0.15, 0.2) is 0 Å². The Hall–Kier alpha value is -1.59. The van der Waals surface area contributed by atoms with E-state index in [4.69, 9.17) is 4.74 Å². The van der Waals surface area contributed by atoms with Crippen LogP contribution in [-0.2, 0) is 6.61 Å². The van der Waals surface area contributed by atoms with Gasteiger partial charge >= 0.3 is 0 Å². The van der Waals surface area contributed by atoms with E-state index in [9.17, 15) is 0 Å². The van der Waals surface area contributed by atoms with Crippen molar-refractivity contribution in [1.82, 2.24) is 9.88 Å². The van der Waals surface area contributed by atoms with Gasteiger partial charge in [0.05, 0.1) is 16.9 Å². The Kier molecular flexibility index (Phi) is 4.72. The first kappa shape index (κ1) is 14.4. The monoisotopic (exact) mass is 303 g/mol. The predicted molar refractivity (Wildman–Crippen MR) is 87.0 cm³/mol. The number of ether oxygens (including phenoxy) is 1. The van der Waals surface area contributed by atoms with Crippen LogP contribution in [0.2, 0.25) is 0 Å². The van der Waals surface area contributed by atoms with Gasteiger partial charge in [0.25, 0.3) is 0 Å². The highest BCUT2D eigenvalue weighted by atomic mass is 32.1. The van der Waals surface area contributed by atoms with Crippen molar-refractivity contribution in [2.24, 2.45) is 0 Å². The second kappa shape index (κ2) is 6.91. The van der Waals surface area contributed by atoms with Gasteiger partial charge in [-0.05, 0) is 45.1 Å². The molecule has 0 amide bonds. The molecule has 0 saturated carbocycles. The first-order valence-electron chi connectivity index (χ1n) is 7.35. The Bertz CT molecular complexity index is 550. The third-order valence-electron chi connectivity index (χ3n) is 3.82. The van der Waals surface area contributed by atoms with Gasteiger partial charge in [0.1, 0.15) is 12.4 Å². The lowest BCUT2D eigenvalue weighted by Crippen LogP contribution is -2.36. The molecular formula is C16H21N3OS. The maximum absolute atomic E-state index is 5.92. The van der Waals surface area contributed by atoms with Crippen LogP contribution in [0.1, 0.15) is 18.5 Å². The van der Waals surface area contributed by atoms with Gasteiger partial charge in [0, 0.05) is 11.4 Å². The highest BCUT2D eigenvalue weighted by Crippen LogP contribution is 2.27. The summed E-state index contributed by atoms with van der Waals surface area (Å²) in [5, 5.41) is 5.65. The normalized spacial score (nSPS) is 16.8. The molecule has 1 aromatic heterocycles. The van der Waals surface area contributed by atoms with Crippen molar-refractivity contribution in [2.45, 2.75) is 25.5 Å². The molecule has 2 heterocycles. The number of benzene rings is 1. The molecule has 112 valence electrons. The van der Waals surface area contributed by atoms with Crippen molar-refractivity contribution in [2.75, 3.05) is 25.5 Å². The summed E-state index contributed by atoms with van der Waals surface area (Å²) < 4.78 is 5.92. The van der Waals surface area contributed by atoms with Crippen molar-refractivity contribution in [3.8, 4) is 5.75 Å². The number of hydrogen-bond acceptors (Lipinski definition) is 5. The highest BCUT2D eigenvalue weighted by Gasteiger charge is 2.17. The van der Waals surface area contributed by atoms with Crippen LogP contribution in [0.5, 0.6) is 5.75 Å². The highest BCUT2D eigenvalue weighted by molar-refractivity contribution is 7.07. The van der Waals surface area contributed by atoms with Gasteiger partial charge in [-0.25, -0.2) is 4.98 Å². The molecule has 0 aliphatic carbocycles. The van der Waals surface area contributed by atoms with Crippen LogP contribution in [0.3, 0.4) is 0 Å². The van der Waals surface area contributed by atoms with E-state index in [1.54, 1.807) is 11.3 Å². The average Bonchev–Trinajstić information content (AvgIpc) is 3.02. The lowest BCUT2D eigenvalue weighted by molar-refractivity contribution is 0.263. The van der Waals surface area contributed by atoms with Crippen LogP contribution in [-0.4, -0.2) is 36.1 Å². The van der Waals surface area contributed by atoms with Crippen LogP contribution in [0, 0.1) is 0 Å². The third kappa shape index (κ3) is 3.95. The van der Waals surface area contributed by atoms with Gasteiger partial charge < -0.3 is 15.0 Å². The van der Waals surface area contributed by atoms with E-state index in [1.165, 1.54) is 12.8 Å². The van der Waals surface area contributed by atoms with E-state index in [0.29, 0.717) is 12.6 Å². The van der Waals surface area contributed by atoms with Crippen LogP contribution in [0.4, 0.5) is 5.69 Å². The number of hydrogen-bond donors (Lipinski definition) is 1. The summed E-state index contributed by atoms with van der Waals surface area (Å²) in [5.74, 6) is 0.907. The number of piperidine rings is 1. The van der Waals surface area contributed by atoms with Crippen LogP contribution >= 0.6 is 11.3 Å². The minimum Gasteiger partial charge on any atom is -0.485 e. The maximum atomic E-state index is 5.92. The molecule has 0 spiro atoms. The zero-order valence-corrected chi connectivity index (χ0v) is 13.1. The SMILES string of the molecule is CN1CCC(Nc2ccccc2OCc2cscn2)CC1. The second-order valence-electron chi connectivity index (χ2n) is 5.49. The maximum Gasteiger partial charge on any atom is 0.142 e. The van der Waals surface area contributed by atoms with E-state index in [2.05, 4.69) is 28.3 Å². The number of aromatic nitrogens is 1. The Morgan fingerprint density at radius 2 is 2.14 bits per heavy atom. The van der Waals surface area contributed by atoms with Gasteiger partial charge in [0.2, 0.25) is 0 Å². The molecule has 3 rings (SSSR count). The van der Waals surface area contributed by atoms with E-state index in [-0.39, 0.29) is 0 Å². The molecule has 1 N–H and O–H groups in total. The van der Waals surface area contributed by atoms with Crippen LogP contribution in [0.25, 0.3) is 0 Å². The molecule has 0 bridgehead atoms. The zero-order chi connectivity index (χ0) is 14.5. The fourth-order valence-corrected chi connectivity index (χ4v) is 3.09. The number of nitrogens with one attached hydrogen (secondary N) is 1. The average molecular weight is 303 g/mol. The lowest BCUT2D eigenvalue weighted by atomic mass is 10.1. The zero-order valence-electron chi connectivity index (χ0n) is 12.3. The van der Waals surface area contributed by atoms with E-state index in [1.807, 2.05) is 29.1 Å². The lowest BCUT2D eigenvalue weighted by Gasteiger charge is -2.30. The molecule has 1 aliphatic heterocycles. The molecule has 21 heavy (non-hydrogen) atoms. The summed E-state index contributed by atoms with van der Waals surface area (Å²) in [6.07, 6.45) is 2.36. The molecular weight excluding hydrogens is 282 g/mol. The Labute approximate surface area is 129 Å². The predicted octanol–water partition coefficient (Wildman–Crippen LogP) is 3.23. The Balaban J connectivity index is 1.62. The molecule has 1 aliphatic rings. The minimum absolute atomic E-state index is 0.523. The minimum atomic E-state index is 0.523. The molecule has 1 fully saturated rings. The molecule has 0 unspecified atom stereocenters. The number of likely N-dealkylation sites (tertiary alicyclic amines) is 1. The number of thiazole rings is 1. The summed E-state index contributed by atoms with van der Waals surface area (Å²) in [6, 6.07) is 8.70. The standard InChI is InChI=1S/C16H21N3OS/c1-19-8-6-13(7-9-19)18-15-4-2-3-5-16(15)20-10-14-11-21-12-17-14/h2-5,11-13,18H,6-10H2,1H3. The summed E-state index contributed by atoms with van der Waals surface area (Å²) in [7, 11) is 2.18. The van der Waals surface area contributed by atoms with Crippen molar-refractivity contribution >= 4 is 17.0 Å². The quantitative estimate of drug-likeness (QED) is 0.920. The molecule has 1 aromatic carbocycles. The largest absolute Gasteiger partial charge is 0.485 e. The van der Waals surface area contributed by atoms with Crippen molar-refractivity contribution < 1.29 is 4.74 Å². The molecule has 0 atom stereocenters. The summed E-state index contributed by atoms with van der Waals surface area (Å²) in [4.78, 5) is 6.63. The number of nitrogens with zero attached hydrogens (tertiary/aromatic N) is 2. The summed E-state index contributed by atoms with van der Waals surface area (Å²) in [5.41, 5.74) is 3.90. The summed E-state index contributed by atoms with van der Waals surface area (Å²) in [6.45, 7) is 2.83. The van der Waals surface area contributed by atoms with Gasteiger partial charge in [-0.1, -0.05) is 12.1 Å². The molecule has 5 heteroatoms. The summed E-state index contributed by atoms with van der Waals surface area (Å²) >= 11 is 1.60. The molecule has 4 nitrogen and oxygen atoms in total. The fourth-order valence-electron chi connectivity index (χ4n) is 2.55. The van der Waals surface area contributed by atoms with Crippen molar-refractivity contribution in [1.29, 1.82) is 0 Å². The Morgan fingerprint density at radius 3 is 2.90 bits per heavy atom. The first-order valence-corrected chi connectivity index (χ1v) is 8.29.